The molecule has 2 aromatic rings. The van der Waals surface area contributed by atoms with E-state index in [4.69, 9.17) is 14.2 Å². The van der Waals surface area contributed by atoms with E-state index in [0.29, 0.717) is 36.5 Å². The van der Waals surface area contributed by atoms with Gasteiger partial charge in [0, 0.05) is 12.6 Å². The Balaban J connectivity index is 1.47. The van der Waals surface area contributed by atoms with E-state index in [1.807, 2.05) is 44.2 Å². The van der Waals surface area contributed by atoms with Crippen molar-refractivity contribution in [2.75, 3.05) is 13.3 Å². The average Bonchev–Trinajstić information content (AvgIpc) is 3.49. The zero-order valence-electron chi connectivity index (χ0n) is 16.2. The summed E-state index contributed by atoms with van der Waals surface area (Å²) in [5.41, 5.74) is 3.45. The molecule has 0 atom stereocenters. The number of benzene rings is 2. The molecule has 144 valence electrons. The summed E-state index contributed by atoms with van der Waals surface area (Å²) in [6, 6.07) is 10.2. The summed E-state index contributed by atoms with van der Waals surface area (Å²) in [5.74, 6) is 2.62. The third-order valence-corrected chi connectivity index (χ3v) is 5.50. The highest BCUT2D eigenvalue weighted by atomic mass is 16.5. The normalized spacial score (nSPS) is 19.8. The zero-order valence-corrected chi connectivity index (χ0v) is 16.2. The number of hydrogen-bond donors (Lipinski definition) is 0. The van der Waals surface area contributed by atoms with Crippen molar-refractivity contribution in [1.82, 2.24) is 4.90 Å². The number of hydrogen-bond acceptors (Lipinski definition) is 5. The molecule has 0 unspecified atom stereocenters. The van der Waals surface area contributed by atoms with Gasteiger partial charge in [-0.15, -0.1) is 0 Å². The summed E-state index contributed by atoms with van der Waals surface area (Å²) in [6.45, 7) is 5.90. The topological polar surface area (TPSA) is 48.0 Å². The molecule has 1 fully saturated rings. The van der Waals surface area contributed by atoms with Crippen LogP contribution in [0.4, 0.5) is 0 Å². The number of carbonyl (C=O) groups is 1. The Morgan fingerprint density at radius 2 is 2.04 bits per heavy atom. The molecule has 5 nitrogen and oxygen atoms in total. The summed E-state index contributed by atoms with van der Waals surface area (Å²) in [7, 11) is 0. The van der Waals surface area contributed by atoms with Crippen LogP contribution in [0.2, 0.25) is 0 Å². The molecule has 0 aromatic heterocycles. The summed E-state index contributed by atoms with van der Waals surface area (Å²) in [6.07, 6.45) is 4.23. The van der Waals surface area contributed by atoms with Gasteiger partial charge in [0.15, 0.2) is 5.76 Å². The molecule has 2 aromatic carbocycles. The molecule has 3 aliphatic rings. The molecule has 2 aliphatic heterocycles. The number of aryl methyl sites for hydroxylation is 1. The SMILES string of the molecule is CCOc1ccc(/C=C2\Oc3c4c(cc(C)c3C2=O)OCN(C2CC2)C4)cc1. The molecular weight excluding hydrogens is 354 g/mol. The Hall–Kier alpha value is -2.79. The van der Waals surface area contributed by atoms with Crippen LogP contribution in [-0.4, -0.2) is 30.1 Å². The summed E-state index contributed by atoms with van der Waals surface area (Å²) in [5, 5.41) is 0. The number of Topliss-reactive ketones (excluding diaryl/α,β-unsaturated/α-hetero) is 1. The van der Waals surface area contributed by atoms with E-state index in [2.05, 4.69) is 4.90 Å². The number of fused-ring (bicyclic) bond motifs is 3. The first kappa shape index (κ1) is 17.3. The Morgan fingerprint density at radius 3 is 2.75 bits per heavy atom. The number of ether oxygens (including phenoxy) is 3. The van der Waals surface area contributed by atoms with Crippen molar-refractivity contribution in [3.8, 4) is 17.2 Å². The van der Waals surface area contributed by atoms with Crippen LogP contribution in [0.15, 0.2) is 36.1 Å². The molecule has 0 spiro atoms. The fourth-order valence-corrected chi connectivity index (χ4v) is 3.90. The van der Waals surface area contributed by atoms with Gasteiger partial charge in [-0.25, -0.2) is 0 Å². The maximum Gasteiger partial charge on any atom is 0.232 e. The fourth-order valence-electron chi connectivity index (χ4n) is 3.90. The number of allylic oxidation sites excluding steroid dienone is 1. The molecule has 0 N–H and O–H groups in total. The minimum atomic E-state index is -0.0623. The lowest BCUT2D eigenvalue weighted by Crippen LogP contribution is -2.34. The summed E-state index contributed by atoms with van der Waals surface area (Å²) >= 11 is 0. The van der Waals surface area contributed by atoms with Crippen molar-refractivity contribution in [1.29, 1.82) is 0 Å². The summed E-state index contributed by atoms with van der Waals surface area (Å²) in [4.78, 5) is 15.4. The average molecular weight is 377 g/mol. The third kappa shape index (κ3) is 2.96. The zero-order chi connectivity index (χ0) is 19.3. The van der Waals surface area contributed by atoms with Crippen molar-refractivity contribution in [3.63, 3.8) is 0 Å². The molecular formula is C23H23NO4. The second-order valence-corrected chi connectivity index (χ2v) is 7.57. The maximum absolute atomic E-state index is 13.0. The Kier molecular flexibility index (Phi) is 4.13. The minimum Gasteiger partial charge on any atom is -0.494 e. The fraction of sp³-hybridized carbons (Fsp3) is 0.348. The predicted octanol–water partition coefficient (Wildman–Crippen LogP) is 4.32. The number of ketones is 1. The van der Waals surface area contributed by atoms with Crippen molar-refractivity contribution in [2.45, 2.75) is 39.3 Å². The lowest BCUT2D eigenvalue weighted by atomic mass is 9.98. The minimum absolute atomic E-state index is 0.0623. The quantitative estimate of drug-likeness (QED) is 0.743. The van der Waals surface area contributed by atoms with E-state index in [-0.39, 0.29) is 5.78 Å². The van der Waals surface area contributed by atoms with E-state index in [9.17, 15) is 4.79 Å². The van der Waals surface area contributed by atoms with Gasteiger partial charge >= 0.3 is 0 Å². The van der Waals surface area contributed by atoms with Crippen LogP contribution in [0.5, 0.6) is 17.2 Å². The molecule has 0 radical (unpaired) electrons. The number of rotatable bonds is 4. The number of carbonyl (C=O) groups excluding carboxylic acids is 1. The molecule has 2 heterocycles. The molecule has 0 amide bonds. The third-order valence-electron chi connectivity index (χ3n) is 5.50. The second-order valence-electron chi connectivity index (χ2n) is 7.57. The lowest BCUT2D eigenvalue weighted by Gasteiger charge is -2.30. The Morgan fingerprint density at radius 1 is 1.25 bits per heavy atom. The smallest absolute Gasteiger partial charge is 0.232 e. The number of nitrogens with zero attached hydrogens (tertiary/aromatic N) is 1. The molecule has 1 aliphatic carbocycles. The Labute approximate surface area is 164 Å². The van der Waals surface area contributed by atoms with E-state index in [1.54, 1.807) is 6.08 Å². The molecule has 0 saturated heterocycles. The monoisotopic (exact) mass is 377 g/mol. The van der Waals surface area contributed by atoms with Gasteiger partial charge in [0.1, 0.15) is 24.0 Å². The lowest BCUT2D eigenvalue weighted by molar-refractivity contribution is 0.0867. The molecule has 1 saturated carbocycles. The van der Waals surface area contributed by atoms with Crippen molar-refractivity contribution in [2.24, 2.45) is 0 Å². The highest BCUT2D eigenvalue weighted by Crippen LogP contribution is 2.45. The van der Waals surface area contributed by atoms with Gasteiger partial charge in [-0.2, -0.15) is 0 Å². The molecule has 5 rings (SSSR count). The first-order valence-corrected chi connectivity index (χ1v) is 9.84. The Bertz CT molecular complexity index is 973. The largest absolute Gasteiger partial charge is 0.494 e. The van der Waals surface area contributed by atoms with Gasteiger partial charge in [0.05, 0.1) is 17.7 Å². The van der Waals surface area contributed by atoms with Crippen LogP contribution < -0.4 is 14.2 Å². The van der Waals surface area contributed by atoms with Gasteiger partial charge in [-0.05, 0) is 62.1 Å². The van der Waals surface area contributed by atoms with E-state index in [0.717, 1.165) is 34.7 Å². The van der Waals surface area contributed by atoms with Crippen LogP contribution in [0, 0.1) is 6.92 Å². The van der Waals surface area contributed by atoms with Gasteiger partial charge in [0.2, 0.25) is 5.78 Å². The van der Waals surface area contributed by atoms with Gasteiger partial charge in [0.25, 0.3) is 0 Å². The first-order valence-electron chi connectivity index (χ1n) is 9.84. The molecule has 5 heteroatoms. The highest BCUT2D eigenvalue weighted by Gasteiger charge is 2.38. The van der Waals surface area contributed by atoms with Gasteiger partial charge in [-0.3, -0.25) is 9.69 Å². The van der Waals surface area contributed by atoms with E-state index >= 15 is 0 Å². The predicted molar refractivity (Wildman–Crippen MR) is 106 cm³/mol. The maximum atomic E-state index is 13.0. The van der Waals surface area contributed by atoms with Crippen LogP contribution in [-0.2, 0) is 6.54 Å². The van der Waals surface area contributed by atoms with Gasteiger partial charge < -0.3 is 14.2 Å². The van der Waals surface area contributed by atoms with Gasteiger partial charge in [-0.1, -0.05) is 12.1 Å². The van der Waals surface area contributed by atoms with Crippen LogP contribution >= 0.6 is 0 Å². The van der Waals surface area contributed by atoms with Crippen LogP contribution in [0.1, 0.15) is 46.8 Å². The second kappa shape index (κ2) is 6.67. The highest BCUT2D eigenvalue weighted by molar-refractivity contribution is 6.15. The first-order chi connectivity index (χ1) is 13.6. The van der Waals surface area contributed by atoms with Crippen molar-refractivity contribution in [3.05, 3.63) is 58.3 Å². The molecule has 0 bridgehead atoms. The van der Waals surface area contributed by atoms with E-state index < -0.39 is 0 Å². The van der Waals surface area contributed by atoms with E-state index in [1.165, 1.54) is 12.8 Å². The summed E-state index contributed by atoms with van der Waals surface area (Å²) < 4.78 is 17.5. The molecule has 28 heavy (non-hydrogen) atoms. The standard InChI is InChI=1S/C23H23NO4/c1-3-26-17-8-4-15(5-9-17)11-20-22(25)21-14(2)10-19-18(23(21)28-20)12-24(13-27-19)16-6-7-16/h4-5,8-11,16H,3,6-7,12-13H2,1-2H3/b20-11-. The van der Waals surface area contributed by atoms with Crippen molar-refractivity contribution < 1.29 is 19.0 Å². The van der Waals surface area contributed by atoms with Crippen LogP contribution in [0.25, 0.3) is 6.08 Å². The van der Waals surface area contributed by atoms with Crippen LogP contribution in [0.3, 0.4) is 0 Å². The van der Waals surface area contributed by atoms with Crippen molar-refractivity contribution >= 4 is 11.9 Å².